The van der Waals surface area contributed by atoms with Crippen molar-refractivity contribution in [2.75, 3.05) is 13.7 Å². The molecule has 21 heavy (non-hydrogen) atoms. The van der Waals surface area contributed by atoms with E-state index in [9.17, 15) is 0 Å². The summed E-state index contributed by atoms with van der Waals surface area (Å²) in [5.41, 5.74) is 8.55. The molecule has 1 unspecified atom stereocenters. The van der Waals surface area contributed by atoms with Gasteiger partial charge in [-0.05, 0) is 41.3 Å². The summed E-state index contributed by atoms with van der Waals surface area (Å²) >= 11 is 0. The van der Waals surface area contributed by atoms with Gasteiger partial charge in [0.05, 0.1) is 13.4 Å². The second-order valence-corrected chi connectivity index (χ2v) is 6.42. The molecule has 0 saturated heterocycles. The van der Waals surface area contributed by atoms with Gasteiger partial charge in [-0.2, -0.15) is 0 Å². The zero-order valence-electron chi connectivity index (χ0n) is 13.3. The Labute approximate surface area is 127 Å². The van der Waals surface area contributed by atoms with Crippen LogP contribution in [-0.2, 0) is 11.8 Å². The Bertz CT molecular complexity index is 567. The molecule has 2 rings (SSSR count). The lowest BCUT2D eigenvalue weighted by atomic mass is 9.83. The zero-order chi connectivity index (χ0) is 15.5. The largest absolute Gasteiger partial charge is 0.496 e. The molecule has 1 aromatic heterocycles. The summed E-state index contributed by atoms with van der Waals surface area (Å²) in [7, 11) is 1.70. The summed E-state index contributed by atoms with van der Waals surface area (Å²) < 4.78 is 11.0. The van der Waals surface area contributed by atoms with Crippen molar-refractivity contribution in [2.45, 2.75) is 38.5 Å². The van der Waals surface area contributed by atoms with Gasteiger partial charge in [-0.25, -0.2) is 0 Å². The fraction of sp³-hybridized carbons (Fsp3) is 0.444. The molecule has 2 aromatic rings. The van der Waals surface area contributed by atoms with Crippen LogP contribution in [0.5, 0.6) is 5.75 Å². The molecule has 0 fully saturated rings. The Hall–Kier alpha value is -1.74. The minimum absolute atomic E-state index is 0.102. The molecule has 0 saturated carbocycles. The maximum absolute atomic E-state index is 6.01. The summed E-state index contributed by atoms with van der Waals surface area (Å²) in [6, 6.07) is 10.3. The van der Waals surface area contributed by atoms with Gasteiger partial charge >= 0.3 is 0 Å². The van der Waals surface area contributed by atoms with Gasteiger partial charge in [0, 0.05) is 12.3 Å². The first kappa shape index (κ1) is 15.6. The minimum Gasteiger partial charge on any atom is -0.496 e. The van der Waals surface area contributed by atoms with Crippen molar-refractivity contribution in [3.8, 4) is 5.75 Å². The van der Waals surface area contributed by atoms with E-state index in [1.807, 2.05) is 18.2 Å². The molecular formula is C18H25NO2. The number of methoxy groups -OCH3 is 1. The number of nitrogens with two attached hydrogens (primary N) is 1. The Morgan fingerprint density at radius 3 is 2.52 bits per heavy atom. The normalized spacial score (nSPS) is 13.2. The van der Waals surface area contributed by atoms with Gasteiger partial charge in [-0.1, -0.05) is 32.9 Å². The van der Waals surface area contributed by atoms with Crippen molar-refractivity contribution in [1.29, 1.82) is 0 Å². The van der Waals surface area contributed by atoms with E-state index in [1.54, 1.807) is 13.4 Å². The number of hydrogen-bond donors (Lipinski definition) is 1. The van der Waals surface area contributed by atoms with Gasteiger partial charge in [-0.3, -0.25) is 0 Å². The van der Waals surface area contributed by atoms with Crippen molar-refractivity contribution in [3.05, 3.63) is 53.5 Å². The van der Waals surface area contributed by atoms with Gasteiger partial charge in [0.1, 0.15) is 11.5 Å². The molecule has 0 aliphatic heterocycles. The monoisotopic (exact) mass is 287 g/mol. The Morgan fingerprint density at radius 1 is 1.24 bits per heavy atom. The lowest BCUT2D eigenvalue weighted by Gasteiger charge is -2.24. The van der Waals surface area contributed by atoms with Gasteiger partial charge < -0.3 is 14.9 Å². The van der Waals surface area contributed by atoms with E-state index >= 15 is 0 Å². The van der Waals surface area contributed by atoms with Crippen LogP contribution in [0.25, 0.3) is 0 Å². The zero-order valence-corrected chi connectivity index (χ0v) is 13.3. The molecule has 0 bridgehead atoms. The van der Waals surface area contributed by atoms with Crippen molar-refractivity contribution in [1.82, 2.24) is 0 Å². The Morgan fingerprint density at radius 2 is 2.00 bits per heavy atom. The average molecular weight is 287 g/mol. The van der Waals surface area contributed by atoms with Crippen LogP contribution in [0, 0.1) is 0 Å². The summed E-state index contributed by atoms with van der Waals surface area (Å²) in [6.07, 6.45) is 2.49. The van der Waals surface area contributed by atoms with Gasteiger partial charge in [0.2, 0.25) is 0 Å². The highest BCUT2D eigenvalue weighted by atomic mass is 16.5. The SMILES string of the molecule is COc1ccc(C(C)(C)C)cc1C(CN)Cc1ccco1. The van der Waals surface area contributed by atoms with Crippen LogP contribution in [0.3, 0.4) is 0 Å². The maximum atomic E-state index is 6.01. The highest BCUT2D eigenvalue weighted by Crippen LogP contribution is 2.33. The van der Waals surface area contributed by atoms with Crippen LogP contribution in [0.15, 0.2) is 41.0 Å². The molecule has 2 N–H and O–H groups in total. The molecule has 0 spiro atoms. The molecule has 3 heteroatoms. The molecule has 1 heterocycles. The number of benzene rings is 1. The number of ether oxygens (including phenoxy) is 1. The van der Waals surface area contributed by atoms with Crippen LogP contribution >= 0.6 is 0 Å². The predicted octanol–water partition coefficient (Wildman–Crippen LogP) is 3.87. The highest BCUT2D eigenvalue weighted by Gasteiger charge is 2.21. The maximum Gasteiger partial charge on any atom is 0.122 e. The van der Waals surface area contributed by atoms with E-state index in [0.717, 1.165) is 23.5 Å². The standard InChI is InChI=1S/C18H25NO2/c1-18(2,3)14-7-8-17(20-4)16(11-14)13(12-19)10-15-6-5-9-21-15/h5-9,11,13H,10,12,19H2,1-4H3. The van der Waals surface area contributed by atoms with Crippen LogP contribution in [0.2, 0.25) is 0 Å². The van der Waals surface area contributed by atoms with E-state index in [4.69, 9.17) is 14.9 Å². The van der Waals surface area contributed by atoms with Gasteiger partial charge in [0.15, 0.2) is 0 Å². The fourth-order valence-electron chi connectivity index (χ4n) is 2.51. The molecule has 0 amide bonds. The molecule has 0 aliphatic carbocycles. The molecule has 3 nitrogen and oxygen atoms in total. The first-order valence-corrected chi connectivity index (χ1v) is 7.36. The first-order chi connectivity index (χ1) is 9.95. The summed E-state index contributed by atoms with van der Waals surface area (Å²) in [4.78, 5) is 0. The second-order valence-electron chi connectivity index (χ2n) is 6.42. The van der Waals surface area contributed by atoms with Gasteiger partial charge in [0.25, 0.3) is 0 Å². The summed E-state index contributed by atoms with van der Waals surface area (Å²) in [5, 5.41) is 0. The van der Waals surface area contributed by atoms with Crippen molar-refractivity contribution in [2.24, 2.45) is 5.73 Å². The Balaban J connectivity index is 2.38. The van der Waals surface area contributed by atoms with Crippen LogP contribution in [0.1, 0.15) is 43.6 Å². The molecule has 1 aromatic carbocycles. The molecule has 0 radical (unpaired) electrons. The van der Waals surface area contributed by atoms with Crippen molar-refractivity contribution >= 4 is 0 Å². The summed E-state index contributed by atoms with van der Waals surface area (Å²) in [6.45, 7) is 7.19. The fourth-order valence-corrected chi connectivity index (χ4v) is 2.51. The van der Waals surface area contributed by atoms with Gasteiger partial charge in [-0.15, -0.1) is 0 Å². The quantitative estimate of drug-likeness (QED) is 0.908. The van der Waals surface area contributed by atoms with E-state index in [1.165, 1.54) is 5.56 Å². The van der Waals surface area contributed by atoms with Crippen LogP contribution < -0.4 is 10.5 Å². The molecular weight excluding hydrogens is 262 g/mol. The van der Waals surface area contributed by atoms with E-state index in [-0.39, 0.29) is 11.3 Å². The smallest absolute Gasteiger partial charge is 0.122 e. The average Bonchev–Trinajstić information content (AvgIpc) is 2.96. The minimum atomic E-state index is 0.102. The van der Waals surface area contributed by atoms with Crippen LogP contribution in [0.4, 0.5) is 0 Å². The topological polar surface area (TPSA) is 48.4 Å². The Kier molecular flexibility index (Phi) is 4.73. The number of rotatable bonds is 5. The third-order valence-electron chi connectivity index (χ3n) is 3.85. The van der Waals surface area contributed by atoms with Crippen molar-refractivity contribution < 1.29 is 9.15 Å². The second kappa shape index (κ2) is 6.35. The third kappa shape index (κ3) is 3.67. The number of furan rings is 1. The van der Waals surface area contributed by atoms with E-state index < -0.39 is 0 Å². The first-order valence-electron chi connectivity index (χ1n) is 7.36. The molecule has 0 aliphatic rings. The number of hydrogen-bond acceptors (Lipinski definition) is 3. The third-order valence-corrected chi connectivity index (χ3v) is 3.85. The van der Waals surface area contributed by atoms with E-state index in [0.29, 0.717) is 6.54 Å². The van der Waals surface area contributed by atoms with E-state index in [2.05, 4.69) is 32.9 Å². The van der Waals surface area contributed by atoms with Crippen LogP contribution in [-0.4, -0.2) is 13.7 Å². The lowest BCUT2D eigenvalue weighted by molar-refractivity contribution is 0.401. The highest BCUT2D eigenvalue weighted by molar-refractivity contribution is 5.42. The molecule has 1 atom stereocenters. The predicted molar refractivity (Wildman–Crippen MR) is 85.9 cm³/mol. The van der Waals surface area contributed by atoms with Crippen molar-refractivity contribution in [3.63, 3.8) is 0 Å². The lowest BCUT2D eigenvalue weighted by Crippen LogP contribution is -2.18. The molecule has 114 valence electrons. The summed E-state index contributed by atoms with van der Waals surface area (Å²) in [5.74, 6) is 2.03.